The van der Waals surface area contributed by atoms with Crippen molar-refractivity contribution in [1.82, 2.24) is 5.32 Å². The van der Waals surface area contributed by atoms with Crippen LogP contribution < -0.4 is 5.32 Å². The molecule has 1 saturated carbocycles. The van der Waals surface area contributed by atoms with Crippen molar-refractivity contribution in [3.8, 4) is 6.07 Å². The molecule has 0 aromatic heterocycles. The van der Waals surface area contributed by atoms with Gasteiger partial charge in [0.1, 0.15) is 0 Å². The summed E-state index contributed by atoms with van der Waals surface area (Å²) in [4.78, 5) is 0. The van der Waals surface area contributed by atoms with E-state index in [-0.39, 0.29) is 0 Å². The molecule has 102 valence electrons. The summed E-state index contributed by atoms with van der Waals surface area (Å²) in [5.41, 5.74) is 1.97. The number of nitriles is 1. The fourth-order valence-corrected chi connectivity index (χ4v) is 3.06. The van der Waals surface area contributed by atoms with E-state index in [1.807, 2.05) is 18.2 Å². The van der Waals surface area contributed by atoms with Gasteiger partial charge in [-0.3, -0.25) is 0 Å². The Bertz CT molecular complexity index is 439. The summed E-state index contributed by atoms with van der Waals surface area (Å²) in [6, 6.07) is 11.1. The van der Waals surface area contributed by atoms with Crippen molar-refractivity contribution in [2.24, 2.45) is 5.92 Å². The van der Waals surface area contributed by atoms with Crippen LogP contribution in [0, 0.1) is 17.2 Å². The van der Waals surface area contributed by atoms with Gasteiger partial charge in [0, 0.05) is 12.1 Å². The van der Waals surface area contributed by atoms with Gasteiger partial charge in [0.2, 0.25) is 0 Å². The van der Waals surface area contributed by atoms with Gasteiger partial charge in [-0.05, 0) is 56.2 Å². The molecule has 1 aromatic carbocycles. The average molecular weight is 256 g/mol. The Morgan fingerprint density at radius 2 is 2.05 bits per heavy atom. The van der Waals surface area contributed by atoms with Gasteiger partial charge < -0.3 is 5.32 Å². The van der Waals surface area contributed by atoms with Crippen LogP contribution in [0.25, 0.3) is 0 Å². The largest absolute Gasteiger partial charge is 0.307 e. The number of hydrogen-bond donors (Lipinski definition) is 1. The van der Waals surface area contributed by atoms with Crippen molar-refractivity contribution in [1.29, 1.82) is 5.26 Å². The summed E-state index contributed by atoms with van der Waals surface area (Å²) in [5, 5.41) is 12.7. The summed E-state index contributed by atoms with van der Waals surface area (Å²) in [6.45, 7) is 4.50. The highest BCUT2D eigenvalue weighted by Gasteiger charge is 2.21. The first-order valence-corrected chi connectivity index (χ1v) is 7.49. The summed E-state index contributed by atoms with van der Waals surface area (Å²) >= 11 is 0. The van der Waals surface area contributed by atoms with Gasteiger partial charge >= 0.3 is 0 Å². The molecule has 1 aliphatic rings. The summed E-state index contributed by atoms with van der Waals surface area (Å²) in [7, 11) is 0. The van der Waals surface area contributed by atoms with Crippen molar-refractivity contribution in [3.63, 3.8) is 0 Å². The number of benzene rings is 1. The molecule has 1 N–H and O–H groups in total. The normalized spacial score (nSPS) is 24.7. The molecule has 1 aliphatic carbocycles. The average Bonchev–Trinajstić information content (AvgIpc) is 2.48. The second-order valence-corrected chi connectivity index (χ2v) is 5.75. The predicted molar refractivity (Wildman–Crippen MR) is 78.7 cm³/mol. The van der Waals surface area contributed by atoms with Crippen molar-refractivity contribution < 1.29 is 0 Å². The highest BCUT2D eigenvalue weighted by Crippen LogP contribution is 2.28. The second kappa shape index (κ2) is 6.73. The Morgan fingerprint density at radius 3 is 2.68 bits per heavy atom. The van der Waals surface area contributed by atoms with E-state index in [9.17, 15) is 0 Å². The highest BCUT2D eigenvalue weighted by molar-refractivity contribution is 5.34. The van der Waals surface area contributed by atoms with E-state index in [1.165, 1.54) is 37.7 Å². The molecule has 0 amide bonds. The van der Waals surface area contributed by atoms with Crippen LogP contribution in [0.1, 0.15) is 63.1 Å². The topological polar surface area (TPSA) is 35.8 Å². The van der Waals surface area contributed by atoms with Crippen LogP contribution in [-0.4, -0.2) is 6.04 Å². The monoisotopic (exact) mass is 256 g/mol. The first-order chi connectivity index (χ1) is 9.22. The van der Waals surface area contributed by atoms with Crippen LogP contribution in [0.5, 0.6) is 0 Å². The number of rotatable bonds is 4. The molecule has 1 fully saturated rings. The zero-order valence-corrected chi connectivity index (χ0v) is 12.0. The third-order valence-electron chi connectivity index (χ3n) is 4.43. The fourth-order valence-electron chi connectivity index (χ4n) is 3.06. The predicted octanol–water partition coefficient (Wildman–Crippen LogP) is 4.18. The fraction of sp³-hybridized carbons (Fsp3) is 0.588. The number of nitrogens with zero attached hydrogens (tertiary/aromatic N) is 1. The lowest BCUT2D eigenvalue weighted by molar-refractivity contribution is 0.273. The molecule has 0 saturated heterocycles. The third kappa shape index (κ3) is 3.81. The van der Waals surface area contributed by atoms with Crippen molar-refractivity contribution >= 4 is 0 Å². The molecule has 0 aliphatic heterocycles. The van der Waals surface area contributed by atoms with Crippen LogP contribution in [-0.2, 0) is 0 Å². The Morgan fingerprint density at radius 1 is 1.32 bits per heavy atom. The molecule has 0 spiro atoms. The van der Waals surface area contributed by atoms with Crippen LogP contribution in [0.15, 0.2) is 24.3 Å². The quantitative estimate of drug-likeness (QED) is 0.877. The van der Waals surface area contributed by atoms with Gasteiger partial charge in [-0.25, -0.2) is 0 Å². The van der Waals surface area contributed by atoms with Gasteiger partial charge in [-0.2, -0.15) is 5.26 Å². The zero-order chi connectivity index (χ0) is 13.7. The van der Waals surface area contributed by atoms with E-state index >= 15 is 0 Å². The molecular weight excluding hydrogens is 232 g/mol. The summed E-state index contributed by atoms with van der Waals surface area (Å²) in [5.74, 6) is 0.940. The lowest BCUT2D eigenvalue weighted by Crippen LogP contribution is -2.34. The van der Waals surface area contributed by atoms with Crippen LogP contribution in [0.3, 0.4) is 0 Å². The minimum Gasteiger partial charge on any atom is -0.307 e. The van der Waals surface area contributed by atoms with E-state index < -0.39 is 0 Å². The van der Waals surface area contributed by atoms with Crippen molar-refractivity contribution in [2.45, 2.75) is 58.0 Å². The lowest BCUT2D eigenvalue weighted by atomic mass is 9.84. The van der Waals surface area contributed by atoms with E-state index in [4.69, 9.17) is 5.26 Å². The maximum Gasteiger partial charge on any atom is 0.0991 e. The second-order valence-electron chi connectivity index (χ2n) is 5.75. The third-order valence-corrected chi connectivity index (χ3v) is 4.43. The molecule has 1 atom stereocenters. The highest BCUT2D eigenvalue weighted by atomic mass is 14.9. The van der Waals surface area contributed by atoms with Gasteiger partial charge in [0.25, 0.3) is 0 Å². The van der Waals surface area contributed by atoms with Crippen LogP contribution in [0.4, 0.5) is 0 Å². The Balaban J connectivity index is 1.90. The van der Waals surface area contributed by atoms with Crippen LogP contribution >= 0.6 is 0 Å². The first kappa shape index (κ1) is 14.1. The summed E-state index contributed by atoms with van der Waals surface area (Å²) < 4.78 is 0. The minimum atomic E-state index is 0.330. The summed E-state index contributed by atoms with van der Waals surface area (Å²) in [6.07, 6.45) is 6.63. The van der Waals surface area contributed by atoms with E-state index in [2.05, 4.69) is 31.3 Å². The number of hydrogen-bond acceptors (Lipinski definition) is 2. The van der Waals surface area contributed by atoms with Gasteiger partial charge in [0.15, 0.2) is 0 Å². The standard InChI is InChI=1S/C17H24N2/c1-3-14-7-9-17(10-8-14)19-13(2)16-6-4-5-15(11-16)12-18/h4-6,11,13-14,17,19H,3,7-10H2,1-2H3. The van der Waals surface area contributed by atoms with Crippen molar-refractivity contribution in [2.75, 3.05) is 0 Å². The Hall–Kier alpha value is -1.33. The SMILES string of the molecule is CCC1CCC(NC(C)c2cccc(C#N)c2)CC1. The molecule has 0 radical (unpaired) electrons. The van der Waals surface area contributed by atoms with E-state index in [0.29, 0.717) is 12.1 Å². The zero-order valence-electron chi connectivity index (χ0n) is 12.0. The van der Waals surface area contributed by atoms with Gasteiger partial charge in [0.05, 0.1) is 11.6 Å². The molecule has 1 aromatic rings. The minimum absolute atomic E-state index is 0.330. The van der Waals surface area contributed by atoms with Gasteiger partial charge in [-0.1, -0.05) is 25.5 Å². The molecule has 0 heterocycles. The molecule has 0 bridgehead atoms. The smallest absolute Gasteiger partial charge is 0.0991 e. The van der Waals surface area contributed by atoms with E-state index in [0.717, 1.165) is 11.5 Å². The molecule has 1 unspecified atom stereocenters. The molecule has 2 nitrogen and oxygen atoms in total. The van der Waals surface area contributed by atoms with Crippen LogP contribution in [0.2, 0.25) is 0 Å². The van der Waals surface area contributed by atoms with E-state index in [1.54, 1.807) is 0 Å². The molecule has 19 heavy (non-hydrogen) atoms. The molecule has 2 heteroatoms. The first-order valence-electron chi connectivity index (χ1n) is 7.49. The number of nitrogens with one attached hydrogen (secondary N) is 1. The van der Waals surface area contributed by atoms with Gasteiger partial charge in [-0.15, -0.1) is 0 Å². The van der Waals surface area contributed by atoms with Crippen molar-refractivity contribution in [3.05, 3.63) is 35.4 Å². The maximum atomic E-state index is 8.95. The Labute approximate surface area is 116 Å². The Kier molecular flexibility index (Phi) is 4.99. The lowest BCUT2D eigenvalue weighted by Gasteiger charge is -2.31. The molecule has 2 rings (SSSR count). The maximum absolute atomic E-state index is 8.95. The molecular formula is C17H24N2.